The molecule has 2 rings (SSSR count). The van der Waals surface area contributed by atoms with Crippen LogP contribution in [0.5, 0.6) is 0 Å². The van der Waals surface area contributed by atoms with E-state index in [2.05, 4.69) is 25.9 Å². The summed E-state index contributed by atoms with van der Waals surface area (Å²) in [6.45, 7) is 4.81. The van der Waals surface area contributed by atoms with Crippen molar-refractivity contribution in [1.29, 1.82) is 0 Å². The number of carbonyl (C=O) groups excluding carboxylic acids is 1. The van der Waals surface area contributed by atoms with E-state index in [1.807, 2.05) is 44.2 Å². The number of hydrogen-bond donors (Lipinski definition) is 3. The average Bonchev–Trinajstić information content (AvgIpc) is 2.92. The van der Waals surface area contributed by atoms with Gasteiger partial charge in [0.2, 0.25) is 11.8 Å². The summed E-state index contributed by atoms with van der Waals surface area (Å²) >= 11 is 0. The molecule has 0 aliphatic rings. The van der Waals surface area contributed by atoms with Crippen LogP contribution in [0.25, 0.3) is 0 Å². The third kappa shape index (κ3) is 5.42. The molecule has 1 aromatic carbocycles. The molecule has 7 heteroatoms. The Morgan fingerprint density at radius 1 is 1.12 bits per heavy atom. The summed E-state index contributed by atoms with van der Waals surface area (Å²) in [5.41, 5.74) is 1.93. The van der Waals surface area contributed by atoms with E-state index in [0.29, 0.717) is 24.9 Å². The number of nitrogens with one attached hydrogen (secondary N) is 3. The lowest BCUT2D eigenvalue weighted by atomic mass is 10.2. The Hall–Kier alpha value is -2.83. The van der Waals surface area contributed by atoms with E-state index in [1.54, 1.807) is 7.05 Å². The van der Waals surface area contributed by atoms with Gasteiger partial charge in [-0.1, -0.05) is 30.3 Å². The van der Waals surface area contributed by atoms with Gasteiger partial charge in [-0.25, -0.2) is 4.98 Å². The number of guanidine groups is 1. The Morgan fingerprint density at radius 2 is 1.88 bits per heavy atom. The topological polar surface area (TPSA) is 91.5 Å². The Balaban J connectivity index is 1.71. The summed E-state index contributed by atoms with van der Waals surface area (Å²) in [4.78, 5) is 20.2. The Labute approximate surface area is 141 Å². The summed E-state index contributed by atoms with van der Waals surface area (Å²) in [6, 6.07) is 9.76. The second kappa shape index (κ2) is 8.71. The number of carbonyl (C=O) groups is 1. The number of oxazole rings is 1. The van der Waals surface area contributed by atoms with Crippen molar-refractivity contribution >= 4 is 11.9 Å². The number of rotatable bonds is 6. The van der Waals surface area contributed by atoms with Crippen LogP contribution in [-0.4, -0.2) is 30.4 Å². The number of aromatic nitrogens is 1. The summed E-state index contributed by atoms with van der Waals surface area (Å²) in [5, 5.41) is 8.86. The van der Waals surface area contributed by atoms with E-state index in [0.717, 1.165) is 17.0 Å². The molecule has 0 fully saturated rings. The standard InChI is InChI=1S/C17H23N5O2/c1-12-13(2)24-16(22-12)11-21-17(18-3)20-10-15(23)19-9-14-7-5-4-6-8-14/h4-8H,9-11H2,1-3H3,(H,19,23)(H2,18,20,21). The first-order valence-electron chi connectivity index (χ1n) is 7.76. The van der Waals surface area contributed by atoms with Gasteiger partial charge in [-0.2, -0.15) is 0 Å². The lowest BCUT2D eigenvalue weighted by Gasteiger charge is -2.11. The van der Waals surface area contributed by atoms with Gasteiger partial charge in [0.1, 0.15) is 5.76 Å². The van der Waals surface area contributed by atoms with Crippen LogP contribution in [0.4, 0.5) is 0 Å². The first kappa shape index (κ1) is 17.5. The number of hydrogen-bond acceptors (Lipinski definition) is 4. The molecule has 1 aromatic heterocycles. The lowest BCUT2D eigenvalue weighted by molar-refractivity contribution is -0.120. The van der Waals surface area contributed by atoms with Crippen molar-refractivity contribution in [2.24, 2.45) is 4.99 Å². The maximum absolute atomic E-state index is 11.9. The SMILES string of the molecule is CN=C(NCC(=O)NCc1ccccc1)NCc1nc(C)c(C)o1. The zero-order valence-corrected chi connectivity index (χ0v) is 14.2. The number of nitrogens with zero attached hydrogens (tertiary/aromatic N) is 2. The zero-order valence-electron chi connectivity index (χ0n) is 14.2. The molecule has 0 saturated heterocycles. The Kier molecular flexibility index (Phi) is 6.36. The van der Waals surface area contributed by atoms with E-state index in [4.69, 9.17) is 4.42 Å². The Morgan fingerprint density at radius 3 is 2.50 bits per heavy atom. The van der Waals surface area contributed by atoms with Crippen molar-refractivity contribution in [3.8, 4) is 0 Å². The van der Waals surface area contributed by atoms with Crippen LogP contribution >= 0.6 is 0 Å². The lowest BCUT2D eigenvalue weighted by Crippen LogP contribution is -2.42. The van der Waals surface area contributed by atoms with Crippen LogP contribution in [0.2, 0.25) is 0 Å². The molecule has 0 bridgehead atoms. The fraction of sp³-hybridized carbons (Fsp3) is 0.353. The van der Waals surface area contributed by atoms with E-state index < -0.39 is 0 Å². The van der Waals surface area contributed by atoms with Gasteiger partial charge in [0.05, 0.1) is 18.8 Å². The number of aryl methyl sites for hydroxylation is 2. The van der Waals surface area contributed by atoms with Gasteiger partial charge in [-0.05, 0) is 19.4 Å². The fourth-order valence-electron chi connectivity index (χ4n) is 2.02. The minimum Gasteiger partial charge on any atom is -0.444 e. The fourth-order valence-corrected chi connectivity index (χ4v) is 2.02. The van der Waals surface area contributed by atoms with Crippen LogP contribution in [0, 0.1) is 13.8 Å². The van der Waals surface area contributed by atoms with Crippen molar-refractivity contribution in [3.05, 3.63) is 53.2 Å². The predicted molar refractivity (Wildman–Crippen MR) is 92.5 cm³/mol. The largest absolute Gasteiger partial charge is 0.444 e. The minimum absolute atomic E-state index is 0.107. The van der Waals surface area contributed by atoms with Gasteiger partial charge in [-0.3, -0.25) is 9.79 Å². The quantitative estimate of drug-likeness (QED) is 0.548. The summed E-state index contributed by atoms with van der Waals surface area (Å²) in [5.74, 6) is 1.79. The highest BCUT2D eigenvalue weighted by Gasteiger charge is 2.07. The van der Waals surface area contributed by atoms with E-state index in [1.165, 1.54) is 0 Å². The van der Waals surface area contributed by atoms with Gasteiger partial charge >= 0.3 is 0 Å². The van der Waals surface area contributed by atoms with Crippen LogP contribution in [-0.2, 0) is 17.9 Å². The molecule has 0 saturated carbocycles. The molecular weight excluding hydrogens is 306 g/mol. The molecule has 0 aliphatic carbocycles. The maximum Gasteiger partial charge on any atom is 0.239 e. The van der Waals surface area contributed by atoms with Crippen molar-refractivity contribution in [1.82, 2.24) is 20.9 Å². The van der Waals surface area contributed by atoms with Crippen molar-refractivity contribution in [3.63, 3.8) is 0 Å². The van der Waals surface area contributed by atoms with Crippen molar-refractivity contribution < 1.29 is 9.21 Å². The summed E-state index contributed by atoms with van der Waals surface area (Å²) < 4.78 is 5.49. The van der Waals surface area contributed by atoms with Crippen LogP contribution in [0.3, 0.4) is 0 Å². The highest BCUT2D eigenvalue weighted by Crippen LogP contribution is 2.07. The molecule has 1 amide bonds. The van der Waals surface area contributed by atoms with Crippen LogP contribution in [0.15, 0.2) is 39.7 Å². The van der Waals surface area contributed by atoms with Crippen molar-refractivity contribution in [2.45, 2.75) is 26.9 Å². The molecule has 1 heterocycles. The normalized spacial score (nSPS) is 11.2. The number of amides is 1. The molecule has 0 spiro atoms. The highest BCUT2D eigenvalue weighted by atomic mass is 16.4. The third-order valence-electron chi connectivity index (χ3n) is 3.45. The minimum atomic E-state index is -0.107. The first-order valence-corrected chi connectivity index (χ1v) is 7.76. The maximum atomic E-state index is 11.9. The van der Waals surface area contributed by atoms with Gasteiger partial charge in [0.25, 0.3) is 0 Å². The molecule has 0 atom stereocenters. The van der Waals surface area contributed by atoms with E-state index >= 15 is 0 Å². The van der Waals surface area contributed by atoms with Crippen LogP contribution in [0.1, 0.15) is 22.9 Å². The molecule has 0 unspecified atom stereocenters. The number of benzene rings is 1. The summed E-state index contributed by atoms with van der Waals surface area (Å²) in [6.07, 6.45) is 0. The van der Waals surface area contributed by atoms with E-state index in [-0.39, 0.29) is 12.5 Å². The molecule has 3 N–H and O–H groups in total. The van der Waals surface area contributed by atoms with Crippen LogP contribution < -0.4 is 16.0 Å². The first-order chi connectivity index (χ1) is 11.6. The molecule has 0 aliphatic heterocycles. The zero-order chi connectivity index (χ0) is 17.4. The van der Waals surface area contributed by atoms with Gasteiger partial charge in [-0.15, -0.1) is 0 Å². The monoisotopic (exact) mass is 329 g/mol. The predicted octanol–water partition coefficient (Wildman–Crippen LogP) is 1.27. The Bertz CT molecular complexity index is 675. The van der Waals surface area contributed by atoms with Gasteiger partial charge < -0.3 is 20.4 Å². The summed E-state index contributed by atoms with van der Waals surface area (Å²) in [7, 11) is 1.64. The molecule has 7 nitrogen and oxygen atoms in total. The number of aliphatic imine (C=N–C) groups is 1. The van der Waals surface area contributed by atoms with Gasteiger partial charge in [0, 0.05) is 13.6 Å². The van der Waals surface area contributed by atoms with E-state index in [9.17, 15) is 4.79 Å². The molecule has 0 radical (unpaired) electrons. The molecule has 24 heavy (non-hydrogen) atoms. The van der Waals surface area contributed by atoms with Crippen molar-refractivity contribution in [2.75, 3.05) is 13.6 Å². The third-order valence-corrected chi connectivity index (χ3v) is 3.45. The molecular formula is C17H23N5O2. The second-order valence-corrected chi connectivity index (χ2v) is 5.29. The molecule has 2 aromatic rings. The average molecular weight is 329 g/mol. The smallest absolute Gasteiger partial charge is 0.239 e. The highest BCUT2D eigenvalue weighted by molar-refractivity contribution is 5.86. The second-order valence-electron chi connectivity index (χ2n) is 5.29. The molecule has 128 valence electrons. The van der Waals surface area contributed by atoms with Gasteiger partial charge in [0.15, 0.2) is 5.96 Å².